The molecular weight excluding hydrogens is 398 g/mol. The summed E-state index contributed by atoms with van der Waals surface area (Å²) in [4.78, 5) is 12.2. The second-order valence-corrected chi connectivity index (χ2v) is 7.57. The number of nitrogens with one attached hydrogen (secondary N) is 1. The van der Waals surface area contributed by atoms with E-state index in [2.05, 4.69) is 24.4 Å². The number of ether oxygens (including phenoxy) is 2. The first kappa shape index (κ1) is 22.1. The molecule has 1 N–H and O–H groups in total. The lowest BCUT2D eigenvalue weighted by Crippen LogP contribution is -2.38. The summed E-state index contributed by atoms with van der Waals surface area (Å²) in [6.45, 7) is 5.58. The van der Waals surface area contributed by atoms with Gasteiger partial charge in [-0.15, -0.1) is 0 Å². The molecule has 0 radical (unpaired) electrons. The minimum absolute atomic E-state index is 0.0616. The van der Waals surface area contributed by atoms with Gasteiger partial charge in [0.1, 0.15) is 0 Å². The quantitative estimate of drug-likeness (QED) is 0.354. The van der Waals surface area contributed by atoms with E-state index in [1.54, 1.807) is 6.26 Å². The van der Waals surface area contributed by atoms with Crippen molar-refractivity contribution in [3.8, 4) is 0 Å². The molecule has 30 heavy (non-hydrogen) atoms. The molecule has 0 fully saturated rings. The molecule has 1 aliphatic heterocycles. The van der Waals surface area contributed by atoms with Gasteiger partial charge in [-0.1, -0.05) is 60.1 Å². The number of hydrogen-bond donors (Lipinski definition) is 1. The van der Waals surface area contributed by atoms with Crippen LogP contribution in [0.2, 0.25) is 5.02 Å². The molecular formula is C25H28ClNO3. The maximum absolute atomic E-state index is 12.2. The number of aryl methyl sites for hydroxylation is 1. The molecule has 0 spiro atoms. The number of carbonyl (C=O) groups excluding carboxylic acids is 1. The Morgan fingerprint density at radius 1 is 1.17 bits per heavy atom. The zero-order valence-corrected chi connectivity index (χ0v) is 18.2. The molecule has 3 rings (SSSR count). The molecule has 1 aliphatic rings. The third-order valence-electron chi connectivity index (χ3n) is 5.11. The normalized spacial score (nSPS) is 16.7. The Bertz CT molecular complexity index is 888. The lowest BCUT2D eigenvalue weighted by Gasteiger charge is -2.24. The van der Waals surface area contributed by atoms with Crippen molar-refractivity contribution in [1.82, 2.24) is 5.32 Å². The second kappa shape index (κ2) is 11.0. The molecule has 0 saturated carbocycles. The zero-order chi connectivity index (χ0) is 21.3. The van der Waals surface area contributed by atoms with E-state index in [0.717, 1.165) is 35.2 Å². The van der Waals surface area contributed by atoms with Crippen LogP contribution in [0, 0.1) is 6.92 Å². The highest BCUT2D eigenvalue weighted by molar-refractivity contribution is 6.32. The Morgan fingerprint density at radius 3 is 2.63 bits per heavy atom. The minimum atomic E-state index is -0.248. The predicted octanol–water partition coefficient (Wildman–Crippen LogP) is 5.30. The summed E-state index contributed by atoms with van der Waals surface area (Å²) in [6.07, 6.45) is 5.25. The molecule has 0 amide bonds. The fourth-order valence-electron chi connectivity index (χ4n) is 3.59. The number of rotatable bonds is 8. The number of carbonyl (C=O) groups is 1. The van der Waals surface area contributed by atoms with Gasteiger partial charge in [-0.05, 0) is 44.0 Å². The van der Waals surface area contributed by atoms with E-state index in [-0.39, 0.29) is 12.0 Å². The smallest absolute Gasteiger partial charge is 0.335 e. The van der Waals surface area contributed by atoms with Crippen LogP contribution in [-0.4, -0.2) is 31.8 Å². The summed E-state index contributed by atoms with van der Waals surface area (Å²) in [5, 5.41) is 4.07. The van der Waals surface area contributed by atoms with E-state index in [1.807, 2.05) is 49.4 Å². The Kier molecular flexibility index (Phi) is 8.12. The molecule has 0 aromatic heterocycles. The monoisotopic (exact) mass is 425 g/mol. The van der Waals surface area contributed by atoms with Crippen LogP contribution in [0.3, 0.4) is 0 Å². The molecule has 2 aromatic rings. The fraction of sp³-hybridized carbons (Fsp3) is 0.320. The summed E-state index contributed by atoms with van der Waals surface area (Å²) < 4.78 is 11.1. The summed E-state index contributed by atoms with van der Waals surface area (Å²) in [5.74, 6) is -0.248. The van der Waals surface area contributed by atoms with Gasteiger partial charge in [0.15, 0.2) is 0 Å². The maximum atomic E-state index is 12.2. The SMILES string of the molecule is CCOC(=O)C1=CCCNC1CCOC=C(c1ccccc1C)c1ccccc1Cl. The van der Waals surface area contributed by atoms with Crippen molar-refractivity contribution in [2.24, 2.45) is 0 Å². The van der Waals surface area contributed by atoms with Crippen LogP contribution < -0.4 is 5.32 Å². The summed E-state index contributed by atoms with van der Waals surface area (Å²) in [5.41, 5.74) is 4.79. The van der Waals surface area contributed by atoms with Gasteiger partial charge in [-0.3, -0.25) is 0 Å². The van der Waals surface area contributed by atoms with Crippen molar-refractivity contribution in [2.75, 3.05) is 19.8 Å². The van der Waals surface area contributed by atoms with Crippen molar-refractivity contribution < 1.29 is 14.3 Å². The molecule has 4 nitrogen and oxygen atoms in total. The number of halogens is 1. The third kappa shape index (κ3) is 5.53. The summed E-state index contributed by atoms with van der Waals surface area (Å²) >= 11 is 6.47. The Morgan fingerprint density at radius 2 is 1.90 bits per heavy atom. The van der Waals surface area contributed by atoms with Gasteiger partial charge in [0.05, 0.1) is 25.0 Å². The molecule has 0 aliphatic carbocycles. The summed E-state index contributed by atoms with van der Waals surface area (Å²) in [6, 6.07) is 15.9. The van der Waals surface area contributed by atoms with Crippen LogP contribution in [0.4, 0.5) is 0 Å². The van der Waals surface area contributed by atoms with Crippen molar-refractivity contribution in [3.63, 3.8) is 0 Å². The standard InChI is InChI=1S/C25H28ClNO3/c1-3-30-25(28)21-12-8-15-27-24(21)14-16-29-17-22(19-10-5-4-9-18(19)2)20-11-6-7-13-23(20)26/h4-7,9-13,17,24,27H,3,8,14-16H2,1-2H3. The van der Waals surface area contributed by atoms with E-state index >= 15 is 0 Å². The molecule has 1 heterocycles. The highest BCUT2D eigenvalue weighted by Crippen LogP contribution is 2.31. The number of hydrogen-bond acceptors (Lipinski definition) is 4. The molecule has 0 bridgehead atoms. The molecule has 1 atom stereocenters. The lowest BCUT2D eigenvalue weighted by molar-refractivity contribution is -0.139. The Balaban J connectivity index is 1.75. The van der Waals surface area contributed by atoms with Gasteiger partial charge < -0.3 is 14.8 Å². The van der Waals surface area contributed by atoms with Crippen LogP contribution >= 0.6 is 11.6 Å². The third-order valence-corrected chi connectivity index (χ3v) is 5.44. The Labute approximate surface area is 183 Å². The van der Waals surface area contributed by atoms with E-state index in [0.29, 0.717) is 30.2 Å². The molecule has 1 unspecified atom stereocenters. The second-order valence-electron chi connectivity index (χ2n) is 7.16. The first-order valence-corrected chi connectivity index (χ1v) is 10.7. The van der Waals surface area contributed by atoms with Crippen LogP contribution in [0.25, 0.3) is 5.57 Å². The first-order valence-electron chi connectivity index (χ1n) is 10.3. The van der Waals surface area contributed by atoms with Gasteiger partial charge in [0.2, 0.25) is 0 Å². The topological polar surface area (TPSA) is 47.6 Å². The van der Waals surface area contributed by atoms with Crippen molar-refractivity contribution in [3.05, 3.63) is 88.2 Å². The number of benzene rings is 2. The van der Waals surface area contributed by atoms with Crippen LogP contribution in [0.15, 0.2) is 66.4 Å². The van der Waals surface area contributed by atoms with Crippen LogP contribution in [-0.2, 0) is 14.3 Å². The highest BCUT2D eigenvalue weighted by atomic mass is 35.5. The highest BCUT2D eigenvalue weighted by Gasteiger charge is 2.24. The van der Waals surface area contributed by atoms with Crippen LogP contribution in [0.1, 0.15) is 36.5 Å². The maximum Gasteiger partial charge on any atom is 0.335 e. The van der Waals surface area contributed by atoms with Crippen molar-refractivity contribution in [2.45, 2.75) is 32.7 Å². The lowest BCUT2D eigenvalue weighted by atomic mass is 9.95. The van der Waals surface area contributed by atoms with E-state index < -0.39 is 0 Å². The van der Waals surface area contributed by atoms with E-state index in [1.165, 1.54) is 0 Å². The van der Waals surface area contributed by atoms with Gasteiger partial charge in [0.25, 0.3) is 0 Å². The average molecular weight is 426 g/mol. The number of esters is 1. The molecule has 0 saturated heterocycles. The van der Waals surface area contributed by atoms with Crippen molar-refractivity contribution in [1.29, 1.82) is 0 Å². The first-order chi connectivity index (χ1) is 14.6. The average Bonchev–Trinajstić information content (AvgIpc) is 2.76. The zero-order valence-electron chi connectivity index (χ0n) is 17.5. The van der Waals surface area contributed by atoms with E-state index in [9.17, 15) is 4.79 Å². The van der Waals surface area contributed by atoms with Crippen molar-refractivity contribution >= 4 is 23.1 Å². The molecule has 2 aromatic carbocycles. The molecule has 158 valence electrons. The van der Waals surface area contributed by atoms with Gasteiger partial charge in [-0.25, -0.2) is 4.79 Å². The summed E-state index contributed by atoms with van der Waals surface area (Å²) in [7, 11) is 0. The van der Waals surface area contributed by atoms with Gasteiger partial charge in [-0.2, -0.15) is 0 Å². The van der Waals surface area contributed by atoms with Gasteiger partial charge >= 0.3 is 5.97 Å². The molecule has 5 heteroatoms. The fourth-order valence-corrected chi connectivity index (χ4v) is 3.83. The minimum Gasteiger partial charge on any atom is -0.500 e. The Hall–Kier alpha value is -2.56. The van der Waals surface area contributed by atoms with Crippen LogP contribution in [0.5, 0.6) is 0 Å². The van der Waals surface area contributed by atoms with E-state index in [4.69, 9.17) is 21.1 Å². The largest absolute Gasteiger partial charge is 0.500 e. The van der Waals surface area contributed by atoms with Gasteiger partial charge in [0, 0.05) is 28.6 Å². The predicted molar refractivity (Wildman–Crippen MR) is 121 cm³/mol.